The number of rotatable bonds is 1. The zero-order valence-corrected chi connectivity index (χ0v) is 10.9. The summed E-state index contributed by atoms with van der Waals surface area (Å²) in [6.45, 7) is 2.42. The lowest BCUT2D eigenvalue weighted by molar-refractivity contribution is 0.319. The maximum atomic E-state index is 2.42. The Labute approximate surface area is 100 Å². The molecule has 0 nitrogen and oxygen atoms in total. The van der Waals surface area contributed by atoms with Crippen molar-refractivity contribution < 1.29 is 0 Å². The van der Waals surface area contributed by atoms with E-state index in [9.17, 15) is 0 Å². The second-order valence-corrected chi connectivity index (χ2v) is 5.87. The number of benzene rings is 1. The Hall–Kier alpha value is -0.0500. The van der Waals surface area contributed by atoms with Crippen molar-refractivity contribution in [1.29, 1.82) is 0 Å². The van der Waals surface area contributed by atoms with E-state index in [2.05, 4.69) is 53.8 Å². The zero-order chi connectivity index (χ0) is 10.0. The Morgan fingerprint density at radius 3 is 2.14 bits per heavy atom. The van der Waals surface area contributed by atoms with Crippen LogP contribution in [0.3, 0.4) is 0 Å². The van der Waals surface area contributed by atoms with Crippen LogP contribution in [-0.2, 0) is 5.41 Å². The van der Waals surface area contributed by atoms with Crippen molar-refractivity contribution in [3.63, 3.8) is 0 Å². The first kappa shape index (κ1) is 10.5. The second-order valence-electron chi connectivity index (χ2n) is 4.63. The quantitative estimate of drug-likeness (QED) is 0.669. The predicted octanol–water partition coefficient (Wildman–Crippen LogP) is 4.51. The van der Waals surface area contributed by atoms with E-state index >= 15 is 0 Å². The monoisotopic (exact) mass is 300 g/mol. The molecule has 1 aliphatic rings. The van der Waals surface area contributed by atoms with E-state index in [4.69, 9.17) is 0 Å². The molecule has 0 saturated heterocycles. The highest BCUT2D eigenvalue weighted by Gasteiger charge is 2.28. The normalized spacial score (nSPS) is 20.7. The van der Waals surface area contributed by atoms with Gasteiger partial charge in [-0.2, -0.15) is 0 Å². The van der Waals surface area contributed by atoms with Gasteiger partial charge in [-0.25, -0.2) is 0 Å². The fourth-order valence-corrected chi connectivity index (χ4v) is 2.83. The van der Waals surface area contributed by atoms with Gasteiger partial charge in [0.15, 0.2) is 0 Å². The third-order valence-electron chi connectivity index (χ3n) is 3.50. The number of hydrogen-bond donors (Lipinski definition) is 0. The van der Waals surface area contributed by atoms with E-state index in [0.717, 1.165) is 0 Å². The van der Waals surface area contributed by atoms with Gasteiger partial charge in [-0.1, -0.05) is 38.3 Å². The van der Waals surface area contributed by atoms with Crippen molar-refractivity contribution in [2.75, 3.05) is 0 Å². The summed E-state index contributed by atoms with van der Waals surface area (Å²) >= 11 is 2.37. The summed E-state index contributed by atoms with van der Waals surface area (Å²) in [5.41, 5.74) is 2.00. The van der Waals surface area contributed by atoms with E-state index in [1.165, 1.54) is 41.2 Å². The zero-order valence-electron chi connectivity index (χ0n) is 8.72. The average molecular weight is 300 g/mol. The molecular weight excluding hydrogens is 283 g/mol. The van der Waals surface area contributed by atoms with Gasteiger partial charge in [0.05, 0.1) is 0 Å². The summed E-state index contributed by atoms with van der Waals surface area (Å²) in [5, 5.41) is 0. The summed E-state index contributed by atoms with van der Waals surface area (Å²) in [4.78, 5) is 0. The van der Waals surface area contributed by atoms with E-state index < -0.39 is 0 Å². The molecule has 0 heterocycles. The van der Waals surface area contributed by atoms with Crippen molar-refractivity contribution in [2.45, 2.75) is 44.4 Å². The van der Waals surface area contributed by atoms with Crippen LogP contribution in [0.4, 0.5) is 0 Å². The van der Waals surface area contributed by atoms with E-state index in [1.807, 2.05) is 0 Å². The van der Waals surface area contributed by atoms with Crippen LogP contribution in [0, 0.1) is 3.57 Å². The highest BCUT2D eigenvalue weighted by Crippen LogP contribution is 2.38. The van der Waals surface area contributed by atoms with Crippen molar-refractivity contribution in [3.05, 3.63) is 33.4 Å². The molecule has 1 aromatic carbocycles. The summed E-state index contributed by atoms with van der Waals surface area (Å²) < 4.78 is 1.34. The smallest absolute Gasteiger partial charge is 0.0130 e. The van der Waals surface area contributed by atoms with Crippen LogP contribution >= 0.6 is 22.6 Å². The van der Waals surface area contributed by atoms with E-state index in [1.54, 1.807) is 0 Å². The first-order chi connectivity index (χ1) is 6.71. The molecule has 0 aliphatic heterocycles. The molecule has 76 valence electrons. The summed E-state index contributed by atoms with van der Waals surface area (Å²) in [5.74, 6) is 0. The average Bonchev–Trinajstić information content (AvgIpc) is 2.19. The highest BCUT2D eigenvalue weighted by atomic mass is 127. The maximum Gasteiger partial charge on any atom is 0.0130 e. The molecule has 1 aliphatic carbocycles. The van der Waals surface area contributed by atoms with Gasteiger partial charge >= 0.3 is 0 Å². The highest BCUT2D eigenvalue weighted by molar-refractivity contribution is 14.1. The van der Waals surface area contributed by atoms with Crippen molar-refractivity contribution in [3.8, 4) is 0 Å². The van der Waals surface area contributed by atoms with Crippen molar-refractivity contribution >= 4 is 22.6 Å². The molecule has 14 heavy (non-hydrogen) atoms. The molecule has 1 aromatic rings. The fraction of sp³-hybridized carbons (Fsp3) is 0.538. The SMILES string of the molecule is CC1(c2ccc(I)cc2)CCCCC1. The Kier molecular flexibility index (Phi) is 3.15. The molecule has 0 atom stereocenters. The minimum Gasteiger partial charge on any atom is -0.0574 e. The molecule has 1 heteroatoms. The van der Waals surface area contributed by atoms with E-state index in [0.29, 0.717) is 5.41 Å². The Balaban J connectivity index is 2.23. The van der Waals surface area contributed by atoms with Gasteiger partial charge in [0.25, 0.3) is 0 Å². The number of halogens is 1. The van der Waals surface area contributed by atoms with Gasteiger partial charge in [-0.3, -0.25) is 0 Å². The Bertz CT molecular complexity index is 294. The van der Waals surface area contributed by atoms with Crippen molar-refractivity contribution in [1.82, 2.24) is 0 Å². The van der Waals surface area contributed by atoms with Gasteiger partial charge in [0, 0.05) is 3.57 Å². The molecule has 0 N–H and O–H groups in total. The Morgan fingerprint density at radius 1 is 1.00 bits per heavy atom. The Morgan fingerprint density at radius 2 is 1.57 bits per heavy atom. The molecule has 1 saturated carbocycles. The van der Waals surface area contributed by atoms with Crippen LogP contribution in [-0.4, -0.2) is 0 Å². The topological polar surface area (TPSA) is 0 Å². The second kappa shape index (κ2) is 4.21. The molecule has 0 spiro atoms. The summed E-state index contributed by atoms with van der Waals surface area (Å²) in [6.07, 6.45) is 6.98. The fourth-order valence-electron chi connectivity index (χ4n) is 2.47. The van der Waals surface area contributed by atoms with Gasteiger partial charge < -0.3 is 0 Å². The lowest BCUT2D eigenvalue weighted by Crippen LogP contribution is -2.24. The van der Waals surface area contributed by atoms with Crippen LogP contribution in [0.15, 0.2) is 24.3 Å². The summed E-state index contributed by atoms with van der Waals surface area (Å²) in [7, 11) is 0. The first-order valence-corrected chi connectivity index (χ1v) is 6.55. The summed E-state index contributed by atoms with van der Waals surface area (Å²) in [6, 6.07) is 9.09. The van der Waals surface area contributed by atoms with Gasteiger partial charge in [0.1, 0.15) is 0 Å². The number of hydrogen-bond acceptors (Lipinski definition) is 0. The maximum absolute atomic E-state index is 2.42. The van der Waals surface area contributed by atoms with Gasteiger partial charge in [-0.15, -0.1) is 0 Å². The molecule has 0 unspecified atom stereocenters. The third kappa shape index (κ3) is 2.13. The lowest BCUT2D eigenvalue weighted by Gasteiger charge is -2.34. The van der Waals surface area contributed by atoms with Crippen LogP contribution in [0.1, 0.15) is 44.6 Å². The largest absolute Gasteiger partial charge is 0.0574 e. The predicted molar refractivity (Wildman–Crippen MR) is 69.6 cm³/mol. The van der Waals surface area contributed by atoms with Gasteiger partial charge in [0.2, 0.25) is 0 Å². The van der Waals surface area contributed by atoms with Crippen LogP contribution in [0.2, 0.25) is 0 Å². The van der Waals surface area contributed by atoms with Crippen molar-refractivity contribution in [2.24, 2.45) is 0 Å². The lowest BCUT2D eigenvalue weighted by atomic mass is 9.71. The standard InChI is InChI=1S/C13H17I/c1-13(9-3-2-4-10-13)11-5-7-12(14)8-6-11/h5-8H,2-4,9-10H2,1H3. The molecule has 0 amide bonds. The molecule has 1 fully saturated rings. The minimum absolute atomic E-state index is 0.461. The first-order valence-electron chi connectivity index (χ1n) is 5.47. The molecule has 0 aromatic heterocycles. The molecular formula is C13H17I. The molecule has 0 radical (unpaired) electrons. The van der Waals surface area contributed by atoms with Crippen LogP contribution in [0.5, 0.6) is 0 Å². The van der Waals surface area contributed by atoms with E-state index in [-0.39, 0.29) is 0 Å². The minimum atomic E-state index is 0.461. The van der Waals surface area contributed by atoms with Gasteiger partial charge in [-0.05, 0) is 58.5 Å². The third-order valence-corrected chi connectivity index (χ3v) is 4.22. The molecule has 2 rings (SSSR count). The van der Waals surface area contributed by atoms with Crippen LogP contribution in [0.25, 0.3) is 0 Å². The molecule has 0 bridgehead atoms. The van der Waals surface area contributed by atoms with Crippen LogP contribution < -0.4 is 0 Å².